The van der Waals surface area contributed by atoms with Gasteiger partial charge in [0, 0.05) is 36.5 Å². The number of hydrogen-bond acceptors (Lipinski definition) is 5. The average Bonchev–Trinajstić information content (AvgIpc) is 2.61. The molecule has 0 aliphatic carbocycles. The van der Waals surface area contributed by atoms with Crippen molar-refractivity contribution in [3.8, 4) is 5.75 Å². The van der Waals surface area contributed by atoms with Crippen LogP contribution in [0.2, 0.25) is 0 Å². The lowest BCUT2D eigenvalue weighted by atomic mass is 10.1. The van der Waals surface area contributed by atoms with Crippen LogP contribution in [0.1, 0.15) is 16.8 Å². The van der Waals surface area contributed by atoms with E-state index in [1.165, 1.54) is 0 Å². The van der Waals surface area contributed by atoms with Gasteiger partial charge in [0.15, 0.2) is 0 Å². The fourth-order valence-electron chi connectivity index (χ4n) is 2.75. The van der Waals surface area contributed by atoms with Gasteiger partial charge in [-0.15, -0.1) is 0 Å². The van der Waals surface area contributed by atoms with Crippen LogP contribution in [-0.4, -0.2) is 60.0 Å². The van der Waals surface area contributed by atoms with Crippen molar-refractivity contribution in [3.63, 3.8) is 0 Å². The molecule has 2 N–H and O–H groups in total. The molecule has 0 aliphatic heterocycles. The maximum atomic E-state index is 12.9. The summed E-state index contributed by atoms with van der Waals surface area (Å²) in [5.41, 5.74) is 0.456. The van der Waals surface area contributed by atoms with Crippen LogP contribution in [0, 0.1) is 6.92 Å². The summed E-state index contributed by atoms with van der Waals surface area (Å²) >= 11 is 0. The zero-order valence-electron chi connectivity index (χ0n) is 16.2. The minimum atomic E-state index is -0.577. The highest BCUT2D eigenvalue weighted by Crippen LogP contribution is 2.19. The SMILES string of the molecule is COc1ccccc1CN(CCN(C)C)C(=O)Cc1c(C)[nH]c(=O)[nH]c1=O. The number of aromatic amines is 2. The Morgan fingerprint density at radius 1 is 1.11 bits per heavy atom. The lowest BCUT2D eigenvalue weighted by Gasteiger charge is -2.25. The molecule has 0 spiro atoms. The summed E-state index contributed by atoms with van der Waals surface area (Å²) < 4.78 is 5.38. The van der Waals surface area contributed by atoms with Gasteiger partial charge in [0.1, 0.15) is 5.75 Å². The van der Waals surface area contributed by atoms with E-state index in [2.05, 4.69) is 9.97 Å². The summed E-state index contributed by atoms with van der Waals surface area (Å²) in [5.74, 6) is 0.515. The zero-order valence-corrected chi connectivity index (χ0v) is 16.2. The largest absolute Gasteiger partial charge is 0.496 e. The third-order valence-corrected chi connectivity index (χ3v) is 4.31. The predicted molar refractivity (Wildman–Crippen MR) is 103 cm³/mol. The topological polar surface area (TPSA) is 98.5 Å². The molecule has 8 nitrogen and oxygen atoms in total. The van der Waals surface area contributed by atoms with E-state index in [0.29, 0.717) is 31.1 Å². The number of rotatable bonds is 8. The Morgan fingerprint density at radius 3 is 2.44 bits per heavy atom. The number of aryl methyl sites for hydroxylation is 1. The summed E-state index contributed by atoms with van der Waals surface area (Å²) in [4.78, 5) is 44.7. The van der Waals surface area contributed by atoms with Gasteiger partial charge in [0.2, 0.25) is 5.91 Å². The molecule has 8 heteroatoms. The Hall–Kier alpha value is -2.87. The van der Waals surface area contributed by atoms with E-state index in [9.17, 15) is 14.4 Å². The molecule has 1 aromatic carbocycles. The van der Waals surface area contributed by atoms with Crippen LogP contribution in [0.25, 0.3) is 0 Å². The Bertz CT molecular complexity index is 901. The molecule has 0 aliphatic rings. The number of amides is 1. The number of carbonyl (C=O) groups is 1. The van der Waals surface area contributed by atoms with Crippen LogP contribution in [0.4, 0.5) is 0 Å². The first-order chi connectivity index (χ1) is 12.8. The molecule has 1 heterocycles. The fourth-order valence-corrected chi connectivity index (χ4v) is 2.75. The average molecular weight is 374 g/mol. The van der Waals surface area contributed by atoms with Gasteiger partial charge in [-0.3, -0.25) is 14.6 Å². The van der Waals surface area contributed by atoms with E-state index < -0.39 is 11.2 Å². The van der Waals surface area contributed by atoms with E-state index in [4.69, 9.17) is 4.74 Å². The molecule has 146 valence electrons. The molecule has 2 aromatic rings. The lowest BCUT2D eigenvalue weighted by Crippen LogP contribution is -2.39. The molecule has 0 bridgehead atoms. The van der Waals surface area contributed by atoms with Crippen molar-refractivity contribution in [1.82, 2.24) is 19.8 Å². The van der Waals surface area contributed by atoms with E-state index in [0.717, 1.165) is 5.56 Å². The molecule has 0 saturated carbocycles. The number of nitrogens with zero attached hydrogens (tertiary/aromatic N) is 2. The van der Waals surface area contributed by atoms with Gasteiger partial charge in [-0.25, -0.2) is 4.79 Å². The van der Waals surface area contributed by atoms with Crippen molar-refractivity contribution < 1.29 is 9.53 Å². The maximum absolute atomic E-state index is 12.9. The molecule has 0 unspecified atom stereocenters. The lowest BCUT2D eigenvalue weighted by molar-refractivity contribution is -0.131. The minimum absolute atomic E-state index is 0.0828. The number of H-pyrrole nitrogens is 2. The third-order valence-electron chi connectivity index (χ3n) is 4.31. The Morgan fingerprint density at radius 2 is 1.81 bits per heavy atom. The quantitative estimate of drug-likeness (QED) is 0.702. The second-order valence-electron chi connectivity index (χ2n) is 6.62. The number of nitrogens with one attached hydrogen (secondary N) is 2. The van der Waals surface area contributed by atoms with E-state index in [-0.39, 0.29) is 17.9 Å². The van der Waals surface area contributed by atoms with E-state index >= 15 is 0 Å². The number of benzene rings is 1. The highest BCUT2D eigenvalue weighted by Gasteiger charge is 2.19. The second-order valence-corrected chi connectivity index (χ2v) is 6.62. The minimum Gasteiger partial charge on any atom is -0.496 e. The number of likely N-dealkylation sites (N-methyl/N-ethyl adjacent to an activating group) is 1. The molecular formula is C19H26N4O4. The summed E-state index contributed by atoms with van der Waals surface area (Å²) in [7, 11) is 5.46. The molecule has 27 heavy (non-hydrogen) atoms. The normalized spacial score (nSPS) is 10.9. The summed E-state index contributed by atoms with van der Waals surface area (Å²) in [6.07, 6.45) is -0.0828. The first-order valence-electron chi connectivity index (χ1n) is 8.68. The third kappa shape index (κ3) is 5.55. The number of hydrogen-bond donors (Lipinski definition) is 2. The summed E-state index contributed by atoms with van der Waals surface area (Å²) in [5, 5.41) is 0. The van der Waals surface area contributed by atoms with Gasteiger partial charge in [-0.1, -0.05) is 18.2 Å². The second kappa shape index (κ2) is 9.18. The van der Waals surface area contributed by atoms with Crippen molar-refractivity contribution in [2.45, 2.75) is 19.9 Å². The number of ether oxygens (including phenoxy) is 1. The number of carbonyl (C=O) groups excluding carboxylic acids is 1. The van der Waals surface area contributed by atoms with Crippen LogP contribution in [-0.2, 0) is 17.8 Å². The number of aromatic nitrogens is 2. The summed E-state index contributed by atoms with van der Waals surface area (Å²) in [6.45, 7) is 3.17. The molecular weight excluding hydrogens is 348 g/mol. The Balaban J connectivity index is 2.26. The van der Waals surface area contributed by atoms with Crippen LogP contribution in [0.15, 0.2) is 33.9 Å². The highest BCUT2D eigenvalue weighted by molar-refractivity contribution is 5.79. The highest BCUT2D eigenvalue weighted by atomic mass is 16.5. The fraction of sp³-hybridized carbons (Fsp3) is 0.421. The zero-order chi connectivity index (χ0) is 20.0. The van der Waals surface area contributed by atoms with Crippen molar-refractivity contribution in [2.24, 2.45) is 0 Å². The van der Waals surface area contributed by atoms with E-state index in [1.54, 1.807) is 18.9 Å². The molecule has 2 rings (SSSR count). The van der Waals surface area contributed by atoms with Gasteiger partial charge >= 0.3 is 5.69 Å². The molecule has 0 saturated heterocycles. The standard InChI is InChI=1S/C19H26N4O4/c1-13-15(18(25)21-19(26)20-13)11-17(24)23(10-9-22(2)3)12-14-7-5-6-8-16(14)27-4/h5-8H,9-12H2,1-4H3,(H2,20,21,25,26). The smallest absolute Gasteiger partial charge is 0.325 e. The molecule has 1 amide bonds. The molecule has 0 fully saturated rings. The summed E-state index contributed by atoms with van der Waals surface area (Å²) in [6, 6.07) is 7.52. The number of para-hydroxylation sites is 1. The molecule has 1 aromatic heterocycles. The first kappa shape index (κ1) is 20.4. The van der Waals surface area contributed by atoms with Crippen molar-refractivity contribution in [3.05, 3.63) is 61.9 Å². The molecule has 0 atom stereocenters. The Kier molecular flexibility index (Phi) is 6.95. The van der Waals surface area contributed by atoms with Gasteiger partial charge in [-0.2, -0.15) is 0 Å². The molecule has 0 radical (unpaired) electrons. The van der Waals surface area contributed by atoms with Gasteiger partial charge < -0.3 is 19.5 Å². The monoisotopic (exact) mass is 374 g/mol. The van der Waals surface area contributed by atoms with E-state index in [1.807, 2.05) is 43.3 Å². The predicted octanol–water partition coefficient (Wildman–Crippen LogP) is 0.513. The Labute approximate surface area is 157 Å². The van der Waals surface area contributed by atoms with Gasteiger partial charge in [0.25, 0.3) is 5.56 Å². The van der Waals surface area contributed by atoms with Crippen LogP contribution in [0.5, 0.6) is 5.75 Å². The van der Waals surface area contributed by atoms with Crippen LogP contribution < -0.4 is 16.0 Å². The van der Waals surface area contributed by atoms with Crippen molar-refractivity contribution in [1.29, 1.82) is 0 Å². The van der Waals surface area contributed by atoms with Crippen LogP contribution >= 0.6 is 0 Å². The van der Waals surface area contributed by atoms with Crippen molar-refractivity contribution >= 4 is 5.91 Å². The van der Waals surface area contributed by atoms with Crippen molar-refractivity contribution in [2.75, 3.05) is 34.3 Å². The van der Waals surface area contributed by atoms with Gasteiger partial charge in [-0.05, 0) is 27.1 Å². The van der Waals surface area contributed by atoms with Gasteiger partial charge in [0.05, 0.1) is 13.5 Å². The number of methoxy groups -OCH3 is 1. The van der Waals surface area contributed by atoms with Crippen LogP contribution in [0.3, 0.4) is 0 Å². The first-order valence-corrected chi connectivity index (χ1v) is 8.68. The maximum Gasteiger partial charge on any atom is 0.325 e.